The van der Waals surface area contributed by atoms with Gasteiger partial charge >= 0.3 is 0 Å². The predicted molar refractivity (Wildman–Crippen MR) is 93.6 cm³/mol. The fraction of sp³-hybridized carbons (Fsp3) is 0.444. The van der Waals surface area contributed by atoms with E-state index in [1.54, 1.807) is 15.9 Å². The molecule has 1 aliphatic heterocycles. The Balaban J connectivity index is 1.87. The van der Waals surface area contributed by atoms with Crippen LogP contribution in [-0.2, 0) is 4.79 Å². The second-order valence-electron chi connectivity index (χ2n) is 6.26. The van der Waals surface area contributed by atoms with E-state index in [1.807, 2.05) is 38.2 Å². The largest absolute Gasteiger partial charge is 0.361 e. The van der Waals surface area contributed by atoms with E-state index in [-0.39, 0.29) is 17.9 Å². The molecule has 1 fully saturated rings. The summed E-state index contributed by atoms with van der Waals surface area (Å²) < 4.78 is 0. The van der Waals surface area contributed by atoms with Crippen LogP contribution in [-0.4, -0.2) is 58.3 Å². The lowest BCUT2D eigenvalue weighted by atomic mass is 10.1. The molecule has 0 unspecified atom stereocenters. The van der Waals surface area contributed by atoms with E-state index in [0.29, 0.717) is 31.6 Å². The maximum atomic E-state index is 13.0. The number of fused-ring (bicyclic) bond motifs is 1. The van der Waals surface area contributed by atoms with Gasteiger partial charge in [-0.25, -0.2) is 0 Å². The molecule has 3 rings (SSSR count). The van der Waals surface area contributed by atoms with Gasteiger partial charge in [-0.1, -0.05) is 0 Å². The molecule has 6 nitrogen and oxygen atoms in total. The molecule has 0 radical (unpaired) electrons. The Bertz CT molecular complexity index is 750. The van der Waals surface area contributed by atoms with Crippen LogP contribution in [0.15, 0.2) is 30.5 Å². The van der Waals surface area contributed by atoms with E-state index >= 15 is 0 Å². The third-order valence-electron chi connectivity index (χ3n) is 4.75. The number of hydrogen-bond donors (Lipinski definition) is 2. The van der Waals surface area contributed by atoms with Crippen LogP contribution in [0.1, 0.15) is 30.6 Å². The minimum absolute atomic E-state index is 0.0102. The first-order chi connectivity index (χ1) is 11.5. The van der Waals surface area contributed by atoms with E-state index in [0.717, 1.165) is 10.9 Å². The number of benzene rings is 1. The van der Waals surface area contributed by atoms with Gasteiger partial charge in [-0.2, -0.15) is 0 Å². The molecular formula is C18H24N4O2. The number of rotatable bonds is 4. The van der Waals surface area contributed by atoms with Crippen molar-refractivity contribution in [2.75, 3.05) is 19.6 Å². The van der Waals surface area contributed by atoms with Crippen molar-refractivity contribution >= 4 is 22.7 Å². The zero-order valence-electron chi connectivity index (χ0n) is 14.2. The molecule has 0 bridgehead atoms. The summed E-state index contributed by atoms with van der Waals surface area (Å²) in [5.74, 6) is -0.138. The highest BCUT2D eigenvalue weighted by Crippen LogP contribution is 2.23. The van der Waals surface area contributed by atoms with E-state index in [2.05, 4.69) is 4.98 Å². The molecule has 2 aromatic rings. The number of amides is 2. The molecular weight excluding hydrogens is 304 g/mol. The number of nitrogens with zero attached hydrogens (tertiary/aromatic N) is 2. The van der Waals surface area contributed by atoms with E-state index in [1.165, 1.54) is 0 Å². The Labute approximate surface area is 141 Å². The van der Waals surface area contributed by atoms with Crippen molar-refractivity contribution in [2.45, 2.75) is 32.4 Å². The van der Waals surface area contributed by atoms with Crippen LogP contribution in [0.2, 0.25) is 0 Å². The molecule has 1 aromatic heterocycles. The quantitative estimate of drug-likeness (QED) is 0.894. The van der Waals surface area contributed by atoms with Gasteiger partial charge in [0.1, 0.15) is 6.04 Å². The molecule has 128 valence electrons. The zero-order valence-corrected chi connectivity index (χ0v) is 14.2. The van der Waals surface area contributed by atoms with Crippen molar-refractivity contribution in [3.63, 3.8) is 0 Å². The third kappa shape index (κ3) is 2.89. The molecule has 1 aliphatic rings. The van der Waals surface area contributed by atoms with Crippen LogP contribution >= 0.6 is 0 Å². The molecule has 1 saturated heterocycles. The summed E-state index contributed by atoms with van der Waals surface area (Å²) in [4.78, 5) is 32.2. The Kier molecular flexibility index (Phi) is 4.57. The van der Waals surface area contributed by atoms with Gasteiger partial charge in [-0.15, -0.1) is 0 Å². The Hall–Kier alpha value is -2.34. The Morgan fingerprint density at radius 3 is 2.75 bits per heavy atom. The molecule has 2 atom stereocenters. The van der Waals surface area contributed by atoms with Gasteiger partial charge in [0.25, 0.3) is 5.91 Å². The lowest BCUT2D eigenvalue weighted by molar-refractivity contribution is -0.134. The summed E-state index contributed by atoms with van der Waals surface area (Å²) in [6, 6.07) is 6.85. The molecule has 0 aliphatic carbocycles. The molecule has 0 saturated carbocycles. The summed E-state index contributed by atoms with van der Waals surface area (Å²) in [5, 5.41) is 0.982. The highest BCUT2D eigenvalue weighted by Gasteiger charge is 2.39. The van der Waals surface area contributed by atoms with Crippen LogP contribution in [0.3, 0.4) is 0 Å². The number of nitrogens with two attached hydrogens (primary N) is 1. The molecule has 0 spiro atoms. The molecule has 2 heterocycles. The predicted octanol–water partition coefficient (Wildman–Crippen LogP) is 1.58. The van der Waals surface area contributed by atoms with Crippen molar-refractivity contribution in [2.24, 2.45) is 5.73 Å². The van der Waals surface area contributed by atoms with Gasteiger partial charge in [-0.05, 0) is 44.5 Å². The summed E-state index contributed by atoms with van der Waals surface area (Å²) in [5.41, 5.74) is 7.63. The van der Waals surface area contributed by atoms with Crippen molar-refractivity contribution in [3.8, 4) is 0 Å². The van der Waals surface area contributed by atoms with Crippen LogP contribution in [0, 0.1) is 0 Å². The minimum atomic E-state index is -0.464. The maximum Gasteiger partial charge on any atom is 0.254 e. The lowest BCUT2D eigenvalue weighted by Gasteiger charge is -2.29. The monoisotopic (exact) mass is 328 g/mol. The Morgan fingerprint density at radius 1 is 1.29 bits per heavy atom. The number of likely N-dealkylation sites (N-methyl/N-ethyl adjacent to an activating group) is 1. The van der Waals surface area contributed by atoms with Gasteiger partial charge in [0.2, 0.25) is 5.91 Å². The van der Waals surface area contributed by atoms with Gasteiger partial charge < -0.3 is 20.5 Å². The number of hydrogen-bond acceptors (Lipinski definition) is 3. The van der Waals surface area contributed by atoms with Crippen LogP contribution < -0.4 is 5.73 Å². The van der Waals surface area contributed by atoms with Crippen LogP contribution in [0.4, 0.5) is 0 Å². The first-order valence-electron chi connectivity index (χ1n) is 8.47. The number of carbonyl (C=O) groups excluding carboxylic acids is 2. The van der Waals surface area contributed by atoms with Gasteiger partial charge in [0, 0.05) is 48.3 Å². The number of H-pyrrole nitrogens is 1. The fourth-order valence-electron chi connectivity index (χ4n) is 3.43. The number of aromatic nitrogens is 1. The van der Waals surface area contributed by atoms with Crippen molar-refractivity contribution in [3.05, 3.63) is 36.0 Å². The van der Waals surface area contributed by atoms with E-state index in [9.17, 15) is 9.59 Å². The summed E-state index contributed by atoms with van der Waals surface area (Å²) >= 11 is 0. The van der Waals surface area contributed by atoms with E-state index < -0.39 is 6.04 Å². The van der Waals surface area contributed by atoms with Crippen LogP contribution in [0.25, 0.3) is 10.9 Å². The highest BCUT2D eigenvalue weighted by atomic mass is 16.2. The number of nitrogens with one attached hydrogen (secondary N) is 1. The van der Waals surface area contributed by atoms with Crippen molar-refractivity contribution < 1.29 is 9.59 Å². The van der Waals surface area contributed by atoms with Gasteiger partial charge in [0.15, 0.2) is 0 Å². The second-order valence-corrected chi connectivity index (χ2v) is 6.26. The number of aromatic amines is 1. The maximum absolute atomic E-state index is 13.0. The smallest absolute Gasteiger partial charge is 0.254 e. The normalized spacial score (nSPS) is 20.5. The average Bonchev–Trinajstić information content (AvgIpc) is 3.20. The number of carbonyl (C=O) groups is 2. The van der Waals surface area contributed by atoms with Crippen molar-refractivity contribution in [1.29, 1.82) is 0 Å². The van der Waals surface area contributed by atoms with E-state index in [4.69, 9.17) is 5.73 Å². The summed E-state index contributed by atoms with van der Waals surface area (Å²) in [6.07, 6.45) is 2.37. The standard InChI is InChI=1S/C18H24N4O2/c1-3-21(4-2)18(24)16-10-14(19)11-22(16)17(23)13-5-6-15-12(9-13)7-8-20-15/h5-9,14,16,20H,3-4,10-11,19H2,1-2H3/t14-,16+/m1/s1. The fourth-order valence-corrected chi connectivity index (χ4v) is 3.43. The molecule has 3 N–H and O–H groups in total. The van der Waals surface area contributed by atoms with Crippen molar-refractivity contribution in [1.82, 2.24) is 14.8 Å². The first-order valence-corrected chi connectivity index (χ1v) is 8.47. The number of likely N-dealkylation sites (tertiary alicyclic amines) is 1. The Morgan fingerprint density at radius 2 is 2.04 bits per heavy atom. The summed E-state index contributed by atoms with van der Waals surface area (Å²) in [7, 11) is 0. The first kappa shape index (κ1) is 16.5. The zero-order chi connectivity index (χ0) is 17.3. The summed E-state index contributed by atoms with van der Waals surface area (Å²) in [6.45, 7) is 5.59. The second kappa shape index (κ2) is 6.65. The molecule has 1 aromatic carbocycles. The lowest BCUT2D eigenvalue weighted by Crippen LogP contribution is -2.47. The molecule has 24 heavy (non-hydrogen) atoms. The highest BCUT2D eigenvalue weighted by molar-refractivity contribution is 6.00. The van der Waals surface area contributed by atoms with Gasteiger partial charge in [0.05, 0.1) is 0 Å². The molecule has 6 heteroatoms. The average molecular weight is 328 g/mol. The van der Waals surface area contributed by atoms with Gasteiger partial charge in [-0.3, -0.25) is 9.59 Å². The SMILES string of the molecule is CCN(CC)C(=O)[C@@H]1C[C@@H](N)CN1C(=O)c1ccc2[nH]ccc2c1. The third-order valence-corrected chi connectivity index (χ3v) is 4.75. The van der Waals surface area contributed by atoms with Crippen LogP contribution in [0.5, 0.6) is 0 Å². The topological polar surface area (TPSA) is 82.4 Å². The molecule has 2 amide bonds. The minimum Gasteiger partial charge on any atom is -0.361 e.